The number of nitrogens with one attached hydrogen (secondary N) is 2. The fourth-order valence-corrected chi connectivity index (χ4v) is 5.42. The zero-order chi connectivity index (χ0) is 31.6. The van der Waals surface area contributed by atoms with Gasteiger partial charge in [-0.2, -0.15) is 0 Å². The maximum absolute atomic E-state index is 12.8. The minimum atomic E-state index is -1.64. The molecule has 44 heavy (non-hydrogen) atoms. The summed E-state index contributed by atoms with van der Waals surface area (Å²) in [6.07, 6.45) is -7.88. The van der Waals surface area contributed by atoms with Crippen molar-refractivity contribution in [3.05, 3.63) is 35.4 Å². The number of rotatable bonds is 0. The number of benzene rings is 1. The van der Waals surface area contributed by atoms with Gasteiger partial charge in [-0.25, -0.2) is 0 Å². The van der Waals surface area contributed by atoms with Gasteiger partial charge in [-0.05, 0) is 24.0 Å². The number of hydrogen-bond donors (Lipinski definition) is 8. The van der Waals surface area contributed by atoms with Crippen molar-refractivity contribution in [1.29, 1.82) is 0 Å². The molecule has 8 N–H and O–H groups in total. The van der Waals surface area contributed by atoms with Gasteiger partial charge in [-0.15, -0.1) is 0 Å². The number of fused-ring (bicyclic) bond motifs is 17. The zero-order valence-corrected chi connectivity index (χ0v) is 24.7. The van der Waals surface area contributed by atoms with E-state index in [0.717, 1.165) is 38.5 Å². The summed E-state index contributed by atoms with van der Waals surface area (Å²) in [5.74, 6) is -1.36. The first-order valence-electron chi connectivity index (χ1n) is 15.4. The fourth-order valence-electron chi connectivity index (χ4n) is 5.42. The van der Waals surface area contributed by atoms with Gasteiger partial charge in [0, 0.05) is 26.3 Å². The standard InChI is InChI=1S/C30H46N2O12/c33-19-21(35)25-27(39)31-15-17-9-11-18(12-10-17)16-32-28(40)26-22(36)20(34)24(38)30(44-26)42-14-8-6-4-2-1-3-5-7-13-41-29(43-25)23(19)37/h9-12,19-26,29-30,33-38H,1-8,13-16H2,(H,31,39)(H,32,40)/t19-,20-,21-,22-,23+,24+,25-,26-,29-,30-/m0/s1. The van der Waals surface area contributed by atoms with Crippen LogP contribution in [0.3, 0.4) is 0 Å². The van der Waals surface area contributed by atoms with E-state index in [9.17, 15) is 40.2 Å². The number of ether oxygens (including phenoxy) is 4. The summed E-state index contributed by atoms with van der Waals surface area (Å²) in [4.78, 5) is 25.7. The van der Waals surface area contributed by atoms with E-state index in [1.807, 2.05) is 0 Å². The van der Waals surface area contributed by atoms with Crippen LogP contribution in [0.5, 0.6) is 0 Å². The summed E-state index contributed by atoms with van der Waals surface area (Å²) < 4.78 is 22.4. The van der Waals surface area contributed by atoms with Crippen LogP contribution >= 0.6 is 0 Å². The van der Waals surface area contributed by atoms with Crippen LogP contribution in [0.25, 0.3) is 0 Å². The molecule has 0 aromatic heterocycles. The molecule has 14 nitrogen and oxygen atoms in total. The van der Waals surface area contributed by atoms with Gasteiger partial charge < -0.3 is 60.2 Å². The third-order valence-corrected chi connectivity index (χ3v) is 8.22. The second-order valence-corrected chi connectivity index (χ2v) is 11.6. The van der Waals surface area contributed by atoms with Crippen molar-refractivity contribution in [2.45, 2.75) is 126 Å². The molecule has 14 heteroatoms. The Morgan fingerprint density at radius 3 is 1.20 bits per heavy atom. The van der Waals surface area contributed by atoms with E-state index in [4.69, 9.17) is 18.9 Å². The van der Waals surface area contributed by atoms with Crippen LogP contribution in [0.2, 0.25) is 0 Å². The van der Waals surface area contributed by atoms with Crippen LogP contribution in [0.4, 0.5) is 0 Å². The van der Waals surface area contributed by atoms with Crippen LogP contribution in [0.15, 0.2) is 24.3 Å². The molecule has 0 spiro atoms. The highest BCUT2D eigenvalue weighted by Gasteiger charge is 2.48. The van der Waals surface area contributed by atoms with Gasteiger partial charge in [-0.1, -0.05) is 62.8 Å². The van der Waals surface area contributed by atoms with Crippen molar-refractivity contribution in [3.63, 3.8) is 0 Å². The van der Waals surface area contributed by atoms with Crippen molar-refractivity contribution >= 4 is 11.8 Å². The second-order valence-electron chi connectivity index (χ2n) is 11.6. The van der Waals surface area contributed by atoms with E-state index in [0.29, 0.717) is 24.0 Å². The molecule has 1 aromatic carbocycles. The Morgan fingerprint density at radius 2 is 0.841 bits per heavy atom. The maximum atomic E-state index is 12.8. The lowest BCUT2D eigenvalue weighted by Crippen LogP contribution is -2.62. The first-order valence-corrected chi connectivity index (χ1v) is 15.4. The van der Waals surface area contributed by atoms with E-state index < -0.39 is 73.2 Å². The lowest BCUT2D eigenvalue weighted by atomic mass is 9.98. The Morgan fingerprint density at radius 1 is 0.500 bits per heavy atom. The van der Waals surface area contributed by atoms with Crippen molar-refractivity contribution in [2.24, 2.45) is 0 Å². The molecule has 0 radical (unpaired) electrons. The molecule has 1 aromatic rings. The minimum Gasteiger partial charge on any atom is -0.387 e. The van der Waals surface area contributed by atoms with Crippen LogP contribution < -0.4 is 10.6 Å². The highest BCUT2D eigenvalue weighted by atomic mass is 16.7. The normalized spacial score (nSPS) is 37.7. The second kappa shape index (κ2) is 16.9. The molecule has 10 atom stereocenters. The fraction of sp³-hybridized carbons (Fsp3) is 0.733. The molecule has 4 aliphatic heterocycles. The number of carbonyl (C=O) groups excluding carboxylic acids is 2. The molecule has 2 fully saturated rings. The highest BCUT2D eigenvalue weighted by Crippen LogP contribution is 2.24. The van der Waals surface area contributed by atoms with Crippen molar-refractivity contribution in [2.75, 3.05) is 13.2 Å². The van der Waals surface area contributed by atoms with E-state index in [1.165, 1.54) is 0 Å². The van der Waals surface area contributed by atoms with Gasteiger partial charge in [0.05, 0.1) is 0 Å². The summed E-state index contributed by atoms with van der Waals surface area (Å²) in [7, 11) is 0. The van der Waals surface area contributed by atoms with Crippen molar-refractivity contribution < 1.29 is 59.2 Å². The third-order valence-electron chi connectivity index (χ3n) is 8.22. The number of amides is 2. The molecule has 4 heterocycles. The Hall–Kier alpha value is -2.24. The van der Waals surface area contributed by atoms with Crippen LogP contribution in [-0.2, 0) is 41.6 Å². The predicted octanol–water partition coefficient (Wildman–Crippen LogP) is -1.30. The predicted molar refractivity (Wildman–Crippen MR) is 152 cm³/mol. The molecule has 0 unspecified atom stereocenters. The molecule has 5 rings (SSSR count). The van der Waals surface area contributed by atoms with Gasteiger partial charge in [0.15, 0.2) is 24.8 Å². The monoisotopic (exact) mass is 626 g/mol. The first-order chi connectivity index (χ1) is 21.2. The van der Waals surface area contributed by atoms with Gasteiger partial charge in [-0.3, -0.25) is 9.59 Å². The number of aliphatic hydroxyl groups is 6. The molecule has 0 aliphatic carbocycles. The summed E-state index contributed by atoms with van der Waals surface area (Å²) >= 11 is 0. The Kier molecular flexibility index (Phi) is 13.3. The largest absolute Gasteiger partial charge is 0.387 e. The summed E-state index contributed by atoms with van der Waals surface area (Å²) in [6, 6.07) is 6.87. The molecule has 0 saturated carbocycles. The molecular weight excluding hydrogens is 580 g/mol. The van der Waals surface area contributed by atoms with Crippen LogP contribution in [-0.4, -0.2) is 117 Å². The zero-order valence-electron chi connectivity index (χ0n) is 24.7. The van der Waals surface area contributed by atoms with Gasteiger partial charge in [0.1, 0.15) is 36.6 Å². The molecular formula is C30H46N2O12. The van der Waals surface area contributed by atoms with E-state index in [2.05, 4.69) is 10.6 Å². The smallest absolute Gasteiger partial charge is 0.252 e. The minimum absolute atomic E-state index is 0.0753. The average molecular weight is 627 g/mol. The number of hydrogen-bond acceptors (Lipinski definition) is 12. The van der Waals surface area contributed by atoms with Gasteiger partial charge >= 0.3 is 0 Å². The topological polar surface area (TPSA) is 216 Å². The van der Waals surface area contributed by atoms with Crippen molar-refractivity contribution in [1.82, 2.24) is 10.6 Å². The molecule has 6 bridgehead atoms. The van der Waals surface area contributed by atoms with E-state index in [1.54, 1.807) is 24.3 Å². The lowest BCUT2D eigenvalue weighted by Gasteiger charge is -2.39. The van der Waals surface area contributed by atoms with Crippen molar-refractivity contribution in [3.8, 4) is 0 Å². The maximum Gasteiger partial charge on any atom is 0.252 e. The summed E-state index contributed by atoms with van der Waals surface area (Å²) in [5.41, 5.74) is 1.40. The number of carbonyl (C=O) groups is 2. The quantitative estimate of drug-likeness (QED) is 0.169. The Balaban J connectivity index is 1.38. The lowest BCUT2D eigenvalue weighted by molar-refractivity contribution is -0.290. The van der Waals surface area contributed by atoms with E-state index in [-0.39, 0.29) is 26.3 Å². The summed E-state index contributed by atoms with van der Waals surface area (Å²) in [6.45, 7) is 0.660. The molecule has 248 valence electrons. The Labute approximate surface area is 256 Å². The highest BCUT2D eigenvalue weighted by molar-refractivity contribution is 5.82. The third kappa shape index (κ3) is 9.16. The van der Waals surface area contributed by atoms with E-state index >= 15 is 0 Å². The molecule has 2 amide bonds. The first kappa shape index (κ1) is 34.6. The average Bonchev–Trinajstić information content (AvgIpc) is 3.02. The Bertz CT molecular complexity index is 964. The van der Waals surface area contributed by atoms with Gasteiger partial charge in [0.2, 0.25) is 0 Å². The summed E-state index contributed by atoms with van der Waals surface area (Å²) in [5, 5.41) is 67.3. The molecule has 2 saturated heterocycles. The van der Waals surface area contributed by atoms with Gasteiger partial charge in [0.25, 0.3) is 11.8 Å². The van der Waals surface area contributed by atoms with Crippen LogP contribution in [0, 0.1) is 0 Å². The number of aliphatic hydroxyl groups excluding tert-OH is 6. The SMILES string of the molecule is O=C1NCc2ccc(cc2)CNC(=O)[C@H]2O[C@H](OCCCCCCCCCCO[C@H]3O[C@H]1[C@@H](O)[C@H](O)[C@H]3O)[C@H](O)[C@@H](O)[C@@H]2O. The molecule has 4 aliphatic rings. The van der Waals surface area contributed by atoms with Crippen LogP contribution in [0.1, 0.15) is 62.5 Å².